The highest BCUT2D eigenvalue weighted by Gasteiger charge is 2.20. The summed E-state index contributed by atoms with van der Waals surface area (Å²) in [6, 6.07) is 17.2. The first kappa shape index (κ1) is 17.6. The summed E-state index contributed by atoms with van der Waals surface area (Å²) in [6.45, 7) is 3.89. The molecule has 2 aromatic carbocycles. The largest absolute Gasteiger partial charge is 0.481 e. The first-order valence-corrected chi connectivity index (χ1v) is 8.56. The first-order chi connectivity index (χ1) is 12.5. The van der Waals surface area contributed by atoms with Gasteiger partial charge in [-0.05, 0) is 49.2 Å². The fourth-order valence-electron chi connectivity index (χ4n) is 2.96. The van der Waals surface area contributed by atoms with Crippen LogP contribution in [0.3, 0.4) is 0 Å². The molecule has 26 heavy (non-hydrogen) atoms. The zero-order valence-electron chi connectivity index (χ0n) is 15.1. The average Bonchev–Trinajstić information content (AvgIpc) is 2.95. The number of aromatic nitrogens is 1. The van der Waals surface area contributed by atoms with Crippen molar-refractivity contribution in [1.82, 2.24) is 4.57 Å². The fraction of sp³-hybridized carbons (Fsp3) is 0.238. The monoisotopic (exact) mass is 347 g/mol. The second kappa shape index (κ2) is 7.32. The number of amides is 1. The number of ether oxygens (including phenoxy) is 1. The fourth-order valence-corrected chi connectivity index (χ4v) is 2.96. The molecule has 5 heteroatoms. The number of nitriles is 1. The number of anilines is 1. The van der Waals surface area contributed by atoms with Crippen LogP contribution in [0, 0.1) is 18.3 Å². The molecule has 1 aromatic heterocycles. The zero-order chi connectivity index (χ0) is 18.7. The van der Waals surface area contributed by atoms with Crippen LogP contribution in [0.15, 0.2) is 48.5 Å². The van der Waals surface area contributed by atoms with Gasteiger partial charge in [0.25, 0.3) is 5.91 Å². The molecule has 1 unspecified atom stereocenters. The normalized spacial score (nSPS) is 11.8. The molecule has 0 saturated heterocycles. The molecule has 5 nitrogen and oxygen atoms in total. The van der Waals surface area contributed by atoms with Crippen molar-refractivity contribution >= 4 is 22.6 Å². The van der Waals surface area contributed by atoms with Crippen molar-refractivity contribution in [3.05, 3.63) is 59.7 Å². The highest BCUT2D eigenvalue weighted by atomic mass is 16.5. The maximum absolute atomic E-state index is 12.7. The molecule has 0 saturated carbocycles. The molecule has 0 aliphatic rings. The van der Waals surface area contributed by atoms with E-state index in [2.05, 4.69) is 11.4 Å². The summed E-state index contributed by atoms with van der Waals surface area (Å²) in [5.41, 5.74) is 2.56. The zero-order valence-corrected chi connectivity index (χ0v) is 15.1. The maximum atomic E-state index is 12.7. The van der Waals surface area contributed by atoms with Gasteiger partial charge in [0, 0.05) is 12.4 Å². The molecule has 3 aromatic rings. The predicted molar refractivity (Wildman–Crippen MR) is 102 cm³/mol. The van der Waals surface area contributed by atoms with Gasteiger partial charge in [-0.25, -0.2) is 0 Å². The minimum atomic E-state index is -0.592. The Morgan fingerprint density at radius 3 is 2.73 bits per heavy atom. The Labute approximate surface area is 152 Å². The number of carbonyl (C=O) groups is 1. The number of nitrogens with zero attached hydrogens (tertiary/aromatic N) is 2. The van der Waals surface area contributed by atoms with E-state index >= 15 is 0 Å². The van der Waals surface area contributed by atoms with Crippen molar-refractivity contribution in [1.29, 1.82) is 5.26 Å². The molecule has 1 heterocycles. The van der Waals surface area contributed by atoms with Crippen molar-refractivity contribution in [3.63, 3.8) is 0 Å². The van der Waals surface area contributed by atoms with E-state index in [4.69, 9.17) is 4.74 Å². The molecule has 132 valence electrons. The first-order valence-electron chi connectivity index (χ1n) is 8.56. The van der Waals surface area contributed by atoms with Crippen molar-refractivity contribution in [2.45, 2.75) is 26.4 Å². The summed E-state index contributed by atoms with van der Waals surface area (Å²) in [7, 11) is 1.86. The molecular weight excluding hydrogens is 326 g/mol. The van der Waals surface area contributed by atoms with Crippen LogP contribution in [0.4, 0.5) is 5.82 Å². The van der Waals surface area contributed by atoms with Gasteiger partial charge in [-0.2, -0.15) is 5.26 Å². The third kappa shape index (κ3) is 3.40. The smallest absolute Gasteiger partial charge is 0.266 e. The third-order valence-electron chi connectivity index (χ3n) is 4.39. The van der Waals surface area contributed by atoms with E-state index in [-0.39, 0.29) is 5.91 Å². The minimum absolute atomic E-state index is 0.210. The van der Waals surface area contributed by atoms with Gasteiger partial charge in [0.1, 0.15) is 11.6 Å². The van der Waals surface area contributed by atoms with E-state index < -0.39 is 6.10 Å². The summed E-state index contributed by atoms with van der Waals surface area (Å²) < 4.78 is 7.73. The van der Waals surface area contributed by atoms with Crippen molar-refractivity contribution in [3.8, 4) is 11.8 Å². The van der Waals surface area contributed by atoms with Crippen LogP contribution >= 0.6 is 0 Å². The standard InChI is InChI=1S/C21H21N3O2/c1-4-19(26-16-9-5-7-14(2)11-16)21(25)23-20-12-17-15(13-22)8-6-10-18(17)24(20)3/h5-12,19H,4H2,1-3H3,(H,23,25). The van der Waals surface area contributed by atoms with Gasteiger partial charge in [-0.1, -0.05) is 25.1 Å². The number of aryl methyl sites for hydroxylation is 2. The molecule has 0 radical (unpaired) electrons. The molecule has 1 amide bonds. The van der Waals surface area contributed by atoms with Gasteiger partial charge in [0.05, 0.1) is 17.1 Å². The van der Waals surface area contributed by atoms with Gasteiger partial charge in [-0.3, -0.25) is 4.79 Å². The van der Waals surface area contributed by atoms with Gasteiger partial charge in [-0.15, -0.1) is 0 Å². The van der Waals surface area contributed by atoms with Gasteiger partial charge in [0.15, 0.2) is 6.10 Å². The van der Waals surface area contributed by atoms with Gasteiger partial charge >= 0.3 is 0 Å². The van der Waals surface area contributed by atoms with E-state index in [9.17, 15) is 10.1 Å². The number of benzene rings is 2. The highest BCUT2D eigenvalue weighted by Crippen LogP contribution is 2.26. The Kier molecular flexibility index (Phi) is 4.94. The van der Waals surface area contributed by atoms with Crippen LogP contribution < -0.4 is 10.1 Å². The van der Waals surface area contributed by atoms with Crippen LogP contribution in [0.1, 0.15) is 24.5 Å². The topological polar surface area (TPSA) is 67.0 Å². The van der Waals surface area contributed by atoms with E-state index in [0.717, 1.165) is 16.5 Å². The van der Waals surface area contributed by atoms with Crippen LogP contribution in [0.5, 0.6) is 5.75 Å². The number of carbonyl (C=O) groups excluding carboxylic acids is 1. The minimum Gasteiger partial charge on any atom is -0.481 e. The predicted octanol–water partition coefficient (Wildman–Crippen LogP) is 4.15. The van der Waals surface area contributed by atoms with Crippen LogP contribution in [-0.4, -0.2) is 16.6 Å². The highest BCUT2D eigenvalue weighted by molar-refractivity contribution is 5.98. The molecule has 1 N–H and O–H groups in total. The lowest BCUT2D eigenvalue weighted by molar-refractivity contribution is -0.122. The Morgan fingerprint density at radius 2 is 2.04 bits per heavy atom. The molecule has 1 atom stereocenters. The quantitative estimate of drug-likeness (QED) is 0.754. The summed E-state index contributed by atoms with van der Waals surface area (Å²) in [6.07, 6.45) is -0.0436. The molecule has 0 aliphatic heterocycles. The van der Waals surface area contributed by atoms with Crippen LogP contribution in [0.2, 0.25) is 0 Å². The third-order valence-corrected chi connectivity index (χ3v) is 4.39. The van der Waals surface area contributed by atoms with E-state index in [1.807, 2.05) is 67.9 Å². The maximum Gasteiger partial charge on any atom is 0.266 e. The average molecular weight is 347 g/mol. The molecule has 0 fully saturated rings. The Hall–Kier alpha value is -3.26. The molecule has 0 bridgehead atoms. The Morgan fingerprint density at radius 1 is 1.27 bits per heavy atom. The van der Waals surface area contributed by atoms with E-state index in [0.29, 0.717) is 23.6 Å². The number of hydrogen-bond acceptors (Lipinski definition) is 3. The van der Waals surface area contributed by atoms with E-state index in [1.54, 1.807) is 6.07 Å². The lowest BCUT2D eigenvalue weighted by atomic mass is 10.1. The summed E-state index contributed by atoms with van der Waals surface area (Å²) in [5, 5.41) is 13.0. The molecule has 0 aliphatic carbocycles. The van der Waals surface area contributed by atoms with Crippen molar-refractivity contribution in [2.24, 2.45) is 7.05 Å². The lowest BCUT2D eigenvalue weighted by Crippen LogP contribution is -2.33. The summed E-state index contributed by atoms with van der Waals surface area (Å²) in [4.78, 5) is 12.7. The molecule has 0 spiro atoms. The summed E-state index contributed by atoms with van der Waals surface area (Å²) in [5.74, 6) is 1.10. The number of rotatable bonds is 5. The summed E-state index contributed by atoms with van der Waals surface area (Å²) >= 11 is 0. The molecule has 3 rings (SSSR count). The number of hydrogen-bond donors (Lipinski definition) is 1. The van der Waals surface area contributed by atoms with Crippen LogP contribution in [0.25, 0.3) is 10.9 Å². The lowest BCUT2D eigenvalue weighted by Gasteiger charge is -2.18. The second-order valence-electron chi connectivity index (χ2n) is 6.26. The number of nitrogens with one attached hydrogen (secondary N) is 1. The van der Waals surface area contributed by atoms with Crippen LogP contribution in [-0.2, 0) is 11.8 Å². The molecular formula is C21H21N3O2. The van der Waals surface area contributed by atoms with Gasteiger partial charge in [0.2, 0.25) is 0 Å². The number of fused-ring (bicyclic) bond motifs is 1. The van der Waals surface area contributed by atoms with Gasteiger partial charge < -0.3 is 14.6 Å². The Balaban J connectivity index is 1.83. The Bertz CT molecular complexity index is 998. The SMILES string of the molecule is CCC(Oc1cccc(C)c1)C(=O)Nc1cc2c(C#N)cccc2n1C. The van der Waals surface area contributed by atoms with Crippen molar-refractivity contribution < 1.29 is 9.53 Å². The van der Waals surface area contributed by atoms with E-state index in [1.165, 1.54) is 0 Å². The second-order valence-corrected chi connectivity index (χ2v) is 6.26. The van der Waals surface area contributed by atoms with Crippen molar-refractivity contribution in [2.75, 3.05) is 5.32 Å².